The van der Waals surface area contributed by atoms with Crippen molar-refractivity contribution >= 4 is 28.2 Å². The second kappa shape index (κ2) is 7.48. The van der Waals surface area contributed by atoms with Crippen LogP contribution in [0.5, 0.6) is 5.75 Å². The molecule has 140 valence electrons. The lowest BCUT2D eigenvalue weighted by Gasteiger charge is -2.15. The van der Waals surface area contributed by atoms with Crippen LogP contribution in [0, 0.1) is 0 Å². The van der Waals surface area contributed by atoms with E-state index in [1.807, 2.05) is 61.5 Å². The zero-order chi connectivity index (χ0) is 19.5. The van der Waals surface area contributed by atoms with Crippen molar-refractivity contribution in [2.75, 3.05) is 31.4 Å². The van der Waals surface area contributed by atoms with E-state index in [4.69, 9.17) is 4.74 Å². The molecule has 7 heteroatoms. The van der Waals surface area contributed by atoms with E-state index in [0.29, 0.717) is 11.6 Å². The molecule has 0 aliphatic heterocycles. The van der Waals surface area contributed by atoms with Gasteiger partial charge in [-0.05, 0) is 30.3 Å². The molecule has 1 N–H and O–H groups in total. The average Bonchev–Trinajstić information content (AvgIpc) is 2.74. The lowest BCUT2D eigenvalue weighted by molar-refractivity contribution is 0.417. The van der Waals surface area contributed by atoms with Gasteiger partial charge in [-0.1, -0.05) is 12.1 Å². The molecule has 0 saturated heterocycles. The van der Waals surface area contributed by atoms with Crippen LogP contribution in [0.15, 0.2) is 61.2 Å². The molecule has 1 aromatic carbocycles. The summed E-state index contributed by atoms with van der Waals surface area (Å²) in [5.41, 5.74) is 3.45. The molecular formula is C21H20N6O. The lowest BCUT2D eigenvalue weighted by Crippen LogP contribution is -2.10. The Morgan fingerprint density at radius 1 is 0.964 bits per heavy atom. The summed E-state index contributed by atoms with van der Waals surface area (Å²) in [6.07, 6.45) is 5.05. The molecule has 0 bridgehead atoms. The second-order valence-corrected chi connectivity index (χ2v) is 6.43. The van der Waals surface area contributed by atoms with Gasteiger partial charge < -0.3 is 15.0 Å². The Balaban J connectivity index is 1.74. The third kappa shape index (κ3) is 3.42. The van der Waals surface area contributed by atoms with E-state index in [1.54, 1.807) is 19.5 Å². The predicted molar refractivity (Wildman–Crippen MR) is 111 cm³/mol. The number of aromatic nitrogens is 4. The predicted octanol–water partition coefficient (Wildman–Crippen LogP) is 3.91. The summed E-state index contributed by atoms with van der Waals surface area (Å²) in [4.78, 5) is 19.5. The second-order valence-electron chi connectivity index (χ2n) is 6.43. The molecule has 4 rings (SSSR count). The van der Waals surface area contributed by atoms with Gasteiger partial charge in [0.25, 0.3) is 0 Å². The molecule has 0 spiro atoms. The molecule has 3 heterocycles. The highest BCUT2D eigenvalue weighted by Crippen LogP contribution is 2.33. The Morgan fingerprint density at radius 2 is 1.86 bits per heavy atom. The molecule has 0 aliphatic rings. The summed E-state index contributed by atoms with van der Waals surface area (Å²) in [7, 11) is 5.55. The quantitative estimate of drug-likeness (QED) is 0.569. The van der Waals surface area contributed by atoms with Crippen molar-refractivity contribution in [2.24, 2.45) is 0 Å². The van der Waals surface area contributed by atoms with Crippen LogP contribution < -0.4 is 15.0 Å². The summed E-state index contributed by atoms with van der Waals surface area (Å²) < 4.78 is 5.60. The van der Waals surface area contributed by atoms with Crippen LogP contribution in [0.25, 0.3) is 22.2 Å². The van der Waals surface area contributed by atoms with Crippen LogP contribution in [0.4, 0.5) is 17.3 Å². The molecule has 28 heavy (non-hydrogen) atoms. The first-order chi connectivity index (χ1) is 13.7. The van der Waals surface area contributed by atoms with Crippen molar-refractivity contribution in [2.45, 2.75) is 0 Å². The van der Waals surface area contributed by atoms with Crippen LogP contribution in [-0.2, 0) is 0 Å². The number of nitrogens with zero attached hydrogens (tertiary/aromatic N) is 5. The maximum absolute atomic E-state index is 5.60. The number of ether oxygens (including phenoxy) is 1. The third-order valence-electron chi connectivity index (χ3n) is 4.38. The van der Waals surface area contributed by atoms with Gasteiger partial charge in [-0.3, -0.25) is 4.98 Å². The highest BCUT2D eigenvalue weighted by molar-refractivity contribution is 5.92. The van der Waals surface area contributed by atoms with Gasteiger partial charge in [0.2, 0.25) is 0 Å². The Bertz CT molecular complexity index is 1110. The van der Waals surface area contributed by atoms with Crippen LogP contribution in [0.2, 0.25) is 0 Å². The van der Waals surface area contributed by atoms with Gasteiger partial charge in [0.1, 0.15) is 23.7 Å². The molecule has 7 nitrogen and oxygen atoms in total. The molecule has 0 fully saturated rings. The van der Waals surface area contributed by atoms with E-state index in [9.17, 15) is 0 Å². The molecule has 0 atom stereocenters. The van der Waals surface area contributed by atoms with Crippen molar-refractivity contribution in [1.82, 2.24) is 19.9 Å². The minimum Gasteiger partial charge on any atom is -0.495 e. The van der Waals surface area contributed by atoms with E-state index < -0.39 is 0 Å². The van der Waals surface area contributed by atoms with Crippen molar-refractivity contribution in [1.29, 1.82) is 0 Å². The van der Waals surface area contributed by atoms with E-state index >= 15 is 0 Å². The van der Waals surface area contributed by atoms with Crippen molar-refractivity contribution in [3.63, 3.8) is 0 Å². The first kappa shape index (κ1) is 17.7. The molecule has 0 saturated carbocycles. The smallest absolute Gasteiger partial charge is 0.143 e. The zero-order valence-corrected chi connectivity index (χ0v) is 15.9. The van der Waals surface area contributed by atoms with Crippen LogP contribution in [0.3, 0.4) is 0 Å². The van der Waals surface area contributed by atoms with Gasteiger partial charge in [0, 0.05) is 31.2 Å². The summed E-state index contributed by atoms with van der Waals surface area (Å²) in [6.45, 7) is 0. The number of hydrogen-bond donors (Lipinski definition) is 1. The van der Waals surface area contributed by atoms with Gasteiger partial charge in [-0.2, -0.15) is 0 Å². The third-order valence-corrected chi connectivity index (χ3v) is 4.38. The summed E-state index contributed by atoms with van der Waals surface area (Å²) >= 11 is 0. The standard InChI is InChI=1S/C21H20N6O/c1-27(2)20-11-15-18(12-23-20)24-13-25-21(15)26-17-8-7-14(10-19(17)28-3)16-6-4-5-9-22-16/h4-13H,1-3H3,(H,24,25,26). The number of anilines is 3. The topological polar surface area (TPSA) is 76.1 Å². The number of rotatable bonds is 5. The zero-order valence-electron chi connectivity index (χ0n) is 15.9. The summed E-state index contributed by atoms with van der Waals surface area (Å²) in [5, 5.41) is 4.25. The fraction of sp³-hybridized carbons (Fsp3) is 0.143. The van der Waals surface area contributed by atoms with Crippen LogP contribution in [0.1, 0.15) is 0 Å². The minimum atomic E-state index is 0.694. The molecule has 0 aliphatic carbocycles. The van der Waals surface area contributed by atoms with E-state index in [-0.39, 0.29) is 0 Å². The van der Waals surface area contributed by atoms with E-state index in [2.05, 4.69) is 25.3 Å². The fourth-order valence-corrected chi connectivity index (χ4v) is 2.91. The van der Waals surface area contributed by atoms with Gasteiger partial charge in [0.15, 0.2) is 0 Å². The molecule has 0 unspecified atom stereocenters. The highest BCUT2D eigenvalue weighted by Gasteiger charge is 2.11. The average molecular weight is 372 g/mol. The number of fused-ring (bicyclic) bond motifs is 1. The number of nitrogens with one attached hydrogen (secondary N) is 1. The lowest BCUT2D eigenvalue weighted by atomic mass is 10.1. The number of pyridine rings is 2. The number of methoxy groups -OCH3 is 1. The molecule has 0 radical (unpaired) electrons. The first-order valence-electron chi connectivity index (χ1n) is 8.80. The minimum absolute atomic E-state index is 0.694. The highest BCUT2D eigenvalue weighted by atomic mass is 16.5. The van der Waals surface area contributed by atoms with Gasteiger partial charge >= 0.3 is 0 Å². The van der Waals surface area contributed by atoms with Crippen molar-refractivity contribution in [3.8, 4) is 17.0 Å². The van der Waals surface area contributed by atoms with Gasteiger partial charge in [-0.15, -0.1) is 0 Å². The SMILES string of the molecule is COc1cc(-c2ccccn2)ccc1Nc1ncnc2cnc(N(C)C)cc12. The maximum Gasteiger partial charge on any atom is 0.143 e. The monoisotopic (exact) mass is 372 g/mol. The Morgan fingerprint density at radius 3 is 2.61 bits per heavy atom. The van der Waals surface area contributed by atoms with Crippen molar-refractivity contribution < 1.29 is 4.74 Å². The number of benzene rings is 1. The Labute approximate surface area is 163 Å². The fourth-order valence-electron chi connectivity index (χ4n) is 2.91. The van der Waals surface area contributed by atoms with Gasteiger partial charge in [-0.25, -0.2) is 15.0 Å². The van der Waals surface area contributed by atoms with Crippen LogP contribution >= 0.6 is 0 Å². The molecule has 4 aromatic rings. The van der Waals surface area contributed by atoms with E-state index in [1.165, 1.54) is 6.33 Å². The molecule has 0 amide bonds. The van der Waals surface area contributed by atoms with Crippen molar-refractivity contribution in [3.05, 3.63) is 61.2 Å². The first-order valence-corrected chi connectivity index (χ1v) is 8.80. The van der Waals surface area contributed by atoms with Gasteiger partial charge in [0.05, 0.1) is 30.2 Å². The summed E-state index contributed by atoms with van der Waals surface area (Å²) in [5.74, 6) is 2.24. The molecule has 3 aromatic heterocycles. The molecular weight excluding hydrogens is 352 g/mol. The normalized spacial score (nSPS) is 10.7. The number of hydrogen-bond acceptors (Lipinski definition) is 7. The Hall–Kier alpha value is -3.74. The van der Waals surface area contributed by atoms with E-state index in [0.717, 1.165) is 33.7 Å². The largest absolute Gasteiger partial charge is 0.495 e. The maximum atomic E-state index is 5.60. The Kier molecular flexibility index (Phi) is 4.72. The van der Waals surface area contributed by atoms with Crippen LogP contribution in [-0.4, -0.2) is 41.1 Å². The summed E-state index contributed by atoms with van der Waals surface area (Å²) in [6, 6.07) is 13.7.